The Labute approximate surface area is 139 Å². The summed E-state index contributed by atoms with van der Waals surface area (Å²) in [6.07, 6.45) is 1.62. The molecular formula is C16H13BrCl2O. The van der Waals surface area contributed by atoms with E-state index in [0.717, 1.165) is 11.1 Å². The van der Waals surface area contributed by atoms with Gasteiger partial charge < -0.3 is 0 Å². The summed E-state index contributed by atoms with van der Waals surface area (Å²) in [5.41, 5.74) is 2.50. The second-order valence-electron chi connectivity index (χ2n) is 4.21. The van der Waals surface area contributed by atoms with Crippen LogP contribution in [0.2, 0.25) is 10.0 Å². The van der Waals surface area contributed by atoms with Gasteiger partial charge >= 0.3 is 0 Å². The summed E-state index contributed by atoms with van der Waals surface area (Å²) in [6, 6.07) is 14.3. The second kappa shape index (κ2) is 7.63. The number of benzene rings is 2. The van der Waals surface area contributed by atoms with Gasteiger partial charge in [0, 0.05) is 15.6 Å². The minimum absolute atomic E-state index is 0. The van der Waals surface area contributed by atoms with Crippen molar-refractivity contribution in [1.82, 2.24) is 0 Å². The van der Waals surface area contributed by atoms with Crippen LogP contribution in [0.25, 0.3) is 5.57 Å². The normalized spacial score (nSPS) is 10.8. The number of ketones is 1. The molecule has 2 aromatic rings. The number of rotatable bonds is 3. The summed E-state index contributed by atoms with van der Waals surface area (Å²) < 4.78 is 0. The van der Waals surface area contributed by atoms with E-state index in [1.165, 1.54) is 0 Å². The molecule has 0 saturated heterocycles. The Hall–Kier alpha value is -1.09. The zero-order valence-corrected chi connectivity index (χ0v) is 14.0. The Balaban J connectivity index is 0.00000200. The molecule has 0 atom stereocenters. The number of carbonyl (C=O) groups excluding carboxylic acids is 1. The van der Waals surface area contributed by atoms with E-state index in [2.05, 4.69) is 0 Å². The number of hydrogen-bond acceptors (Lipinski definition) is 1. The molecule has 104 valence electrons. The molecule has 0 amide bonds. The van der Waals surface area contributed by atoms with Crippen molar-refractivity contribution in [3.05, 3.63) is 75.8 Å². The Morgan fingerprint density at radius 3 is 1.70 bits per heavy atom. The van der Waals surface area contributed by atoms with Crippen LogP contribution in [0.15, 0.2) is 54.6 Å². The van der Waals surface area contributed by atoms with Gasteiger partial charge in [0.15, 0.2) is 5.78 Å². The third kappa shape index (κ3) is 4.48. The Kier molecular flexibility index (Phi) is 6.47. The van der Waals surface area contributed by atoms with Gasteiger partial charge in [-0.05, 0) is 60.5 Å². The first-order chi connectivity index (χ1) is 9.06. The van der Waals surface area contributed by atoms with E-state index in [1.54, 1.807) is 42.5 Å². The molecule has 0 spiro atoms. The molecule has 1 nitrogen and oxygen atoms in total. The molecule has 0 radical (unpaired) electrons. The van der Waals surface area contributed by atoms with Gasteiger partial charge in [0.05, 0.1) is 0 Å². The lowest BCUT2D eigenvalue weighted by Crippen LogP contribution is -1.95. The highest BCUT2D eigenvalue weighted by molar-refractivity contribution is 8.93. The van der Waals surface area contributed by atoms with Crippen LogP contribution in [0.3, 0.4) is 0 Å². The molecule has 0 unspecified atom stereocenters. The lowest BCUT2D eigenvalue weighted by atomic mass is 10.0. The molecule has 0 aliphatic carbocycles. The van der Waals surface area contributed by atoms with Crippen LogP contribution in [0.5, 0.6) is 0 Å². The van der Waals surface area contributed by atoms with E-state index in [4.69, 9.17) is 23.2 Å². The van der Waals surface area contributed by atoms with Gasteiger partial charge in [-0.3, -0.25) is 4.79 Å². The van der Waals surface area contributed by atoms with E-state index in [0.29, 0.717) is 15.6 Å². The topological polar surface area (TPSA) is 17.1 Å². The van der Waals surface area contributed by atoms with Crippen molar-refractivity contribution < 1.29 is 4.79 Å². The van der Waals surface area contributed by atoms with E-state index in [-0.39, 0.29) is 22.8 Å². The van der Waals surface area contributed by atoms with Crippen molar-refractivity contribution in [2.45, 2.75) is 6.92 Å². The third-order valence-electron chi connectivity index (χ3n) is 2.78. The zero-order valence-electron chi connectivity index (χ0n) is 10.8. The fraction of sp³-hybridized carbons (Fsp3) is 0.0625. The van der Waals surface area contributed by atoms with Crippen LogP contribution in [-0.2, 0) is 0 Å². The lowest BCUT2D eigenvalue weighted by molar-refractivity contribution is 0.104. The maximum absolute atomic E-state index is 12.1. The molecule has 0 aromatic heterocycles. The van der Waals surface area contributed by atoms with E-state index < -0.39 is 0 Å². The Bertz CT molecular complexity index is 616. The van der Waals surface area contributed by atoms with Crippen LogP contribution in [-0.4, -0.2) is 5.78 Å². The zero-order chi connectivity index (χ0) is 13.8. The molecular weight excluding hydrogens is 359 g/mol. The Morgan fingerprint density at radius 1 is 0.850 bits per heavy atom. The summed E-state index contributed by atoms with van der Waals surface area (Å²) in [7, 11) is 0. The first-order valence-electron chi connectivity index (χ1n) is 5.80. The van der Waals surface area contributed by atoms with Crippen molar-refractivity contribution in [2.75, 3.05) is 0 Å². The summed E-state index contributed by atoms with van der Waals surface area (Å²) in [5, 5.41) is 1.30. The molecule has 0 aliphatic heterocycles. The standard InChI is InChI=1S/C16H12Cl2O.BrH/c1-11(12-2-6-14(17)7-3-12)10-16(19)13-4-8-15(18)9-5-13;/h2-10H,1H3;1H/b11-10+;. The second-order valence-corrected chi connectivity index (χ2v) is 5.08. The van der Waals surface area contributed by atoms with Gasteiger partial charge in [-0.25, -0.2) is 0 Å². The molecule has 0 fully saturated rings. The summed E-state index contributed by atoms with van der Waals surface area (Å²) in [6.45, 7) is 1.90. The average Bonchev–Trinajstić information content (AvgIpc) is 2.40. The van der Waals surface area contributed by atoms with Gasteiger partial charge in [-0.1, -0.05) is 35.3 Å². The Morgan fingerprint density at radius 2 is 1.25 bits per heavy atom. The van der Waals surface area contributed by atoms with Gasteiger partial charge in [0.2, 0.25) is 0 Å². The monoisotopic (exact) mass is 370 g/mol. The van der Waals surface area contributed by atoms with Crippen molar-refractivity contribution in [3.63, 3.8) is 0 Å². The molecule has 0 bridgehead atoms. The number of carbonyl (C=O) groups is 1. The predicted molar refractivity (Wildman–Crippen MR) is 91.2 cm³/mol. The SMILES string of the molecule is Br.C/C(=C\C(=O)c1ccc(Cl)cc1)c1ccc(Cl)cc1. The van der Waals surface area contributed by atoms with Crippen LogP contribution >= 0.6 is 40.2 Å². The minimum atomic E-state index is -0.0379. The molecule has 2 rings (SSSR count). The molecule has 4 heteroatoms. The van der Waals surface area contributed by atoms with Crippen LogP contribution in [0, 0.1) is 0 Å². The van der Waals surface area contributed by atoms with Crippen molar-refractivity contribution in [2.24, 2.45) is 0 Å². The van der Waals surface area contributed by atoms with Crippen LogP contribution in [0.1, 0.15) is 22.8 Å². The number of allylic oxidation sites excluding steroid dienone is 2. The maximum Gasteiger partial charge on any atom is 0.186 e. The quantitative estimate of drug-likeness (QED) is 0.488. The largest absolute Gasteiger partial charge is 0.289 e. The molecule has 0 aliphatic rings. The number of halogens is 3. The highest BCUT2D eigenvalue weighted by Gasteiger charge is 2.04. The first-order valence-corrected chi connectivity index (χ1v) is 6.56. The first kappa shape index (κ1) is 17.0. The van der Waals surface area contributed by atoms with Crippen molar-refractivity contribution in [1.29, 1.82) is 0 Å². The van der Waals surface area contributed by atoms with Gasteiger partial charge in [-0.15, -0.1) is 17.0 Å². The van der Waals surface area contributed by atoms with Gasteiger partial charge in [0.1, 0.15) is 0 Å². The fourth-order valence-electron chi connectivity index (χ4n) is 1.69. The summed E-state index contributed by atoms with van der Waals surface area (Å²) >= 11 is 11.6. The third-order valence-corrected chi connectivity index (χ3v) is 3.28. The van der Waals surface area contributed by atoms with Gasteiger partial charge in [-0.2, -0.15) is 0 Å². The van der Waals surface area contributed by atoms with Crippen molar-refractivity contribution in [3.8, 4) is 0 Å². The number of hydrogen-bond donors (Lipinski definition) is 0. The van der Waals surface area contributed by atoms with Crippen molar-refractivity contribution >= 4 is 51.5 Å². The maximum atomic E-state index is 12.1. The highest BCUT2D eigenvalue weighted by atomic mass is 79.9. The summed E-state index contributed by atoms with van der Waals surface area (Å²) in [5.74, 6) is -0.0379. The van der Waals surface area contributed by atoms with Gasteiger partial charge in [0.25, 0.3) is 0 Å². The molecule has 0 heterocycles. The predicted octanol–water partition coefficient (Wildman–Crippen LogP) is 5.86. The fourth-order valence-corrected chi connectivity index (χ4v) is 1.94. The molecule has 2 aromatic carbocycles. The summed E-state index contributed by atoms with van der Waals surface area (Å²) in [4.78, 5) is 12.1. The smallest absolute Gasteiger partial charge is 0.186 e. The van der Waals surface area contributed by atoms with Crippen LogP contribution in [0.4, 0.5) is 0 Å². The van der Waals surface area contributed by atoms with E-state index in [1.807, 2.05) is 19.1 Å². The van der Waals surface area contributed by atoms with E-state index >= 15 is 0 Å². The highest BCUT2D eigenvalue weighted by Crippen LogP contribution is 2.18. The minimum Gasteiger partial charge on any atom is -0.289 e. The lowest BCUT2D eigenvalue weighted by Gasteiger charge is -2.02. The van der Waals surface area contributed by atoms with E-state index in [9.17, 15) is 4.79 Å². The van der Waals surface area contributed by atoms with Crippen LogP contribution < -0.4 is 0 Å². The molecule has 20 heavy (non-hydrogen) atoms. The average molecular weight is 372 g/mol. The molecule has 0 saturated carbocycles. The molecule has 0 N–H and O–H groups in total.